The molecule has 0 amide bonds. The summed E-state index contributed by atoms with van der Waals surface area (Å²) >= 11 is 1.27. The van der Waals surface area contributed by atoms with E-state index in [1.807, 2.05) is 0 Å². The molecule has 122 valence electrons. The largest absolute Gasteiger partial charge is 0.506 e. The quantitative estimate of drug-likeness (QED) is 0.475. The number of carboxylic acid groups (broad SMARTS) is 1. The van der Waals surface area contributed by atoms with Crippen molar-refractivity contribution in [3.63, 3.8) is 0 Å². The Morgan fingerprint density at radius 3 is 2.82 bits per heavy atom. The molecule has 0 aliphatic carbocycles. The molecule has 11 heteroatoms. The molecule has 5 N–H and O–H groups in total. The van der Waals surface area contributed by atoms with Gasteiger partial charge in [-0.15, -0.1) is 11.8 Å². The minimum absolute atomic E-state index is 0.150. The number of rotatable bonds is 5. The number of hydrogen-bond donors (Lipinski definition) is 5. The van der Waals surface area contributed by atoms with Crippen molar-refractivity contribution in [2.24, 2.45) is 0 Å². The van der Waals surface area contributed by atoms with E-state index in [9.17, 15) is 14.5 Å². The van der Waals surface area contributed by atoms with Crippen LogP contribution in [0.3, 0.4) is 0 Å². The first kappa shape index (κ1) is 17.2. The Balaban J connectivity index is 2.30. The summed E-state index contributed by atoms with van der Waals surface area (Å²) in [5.41, 5.74) is 0.938. The summed E-state index contributed by atoms with van der Waals surface area (Å²) in [6.07, 6.45) is 1.34. The Morgan fingerprint density at radius 2 is 2.27 bits per heavy atom. The van der Waals surface area contributed by atoms with E-state index < -0.39 is 31.8 Å². The molecule has 2 heterocycles. The van der Waals surface area contributed by atoms with Crippen molar-refractivity contribution in [2.75, 3.05) is 5.75 Å². The third-order valence-electron chi connectivity index (χ3n) is 3.09. The second kappa shape index (κ2) is 6.53. The molecule has 1 saturated heterocycles. The predicted molar refractivity (Wildman–Crippen MR) is 77.2 cm³/mol. The smallest absolute Gasteiger partial charge is 0.469 e. The molecule has 0 spiro atoms. The number of carboxylic acids is 1. The number of thioether (sulfide) groups is 1. The van der Waals surface area contributed by atoms with E-state index in [1.165, 1.54) is 18.0 Å². The highest BCUT2D eigenvalue weighted by atomic mass is 32.2. The van der Waals surface area contributed by atoms with Crippen LogP contribution in [0.15, 0.2) is 6.20 Å². The van der Waals surface area contributed by atoms with Gasteiger partial charge in [0.25, 0.3) is 0 Å². The highest BCUT2D eigenvalue weighted by Gasteiger charge is 2.34. The maximum atomic E-state index is 11.0. The van der Waals surface area contributed by atoms with Gasteiger partial charge in [-0.05, 0) is 6.92 Å². The second-order valence-electron chi connectivity index (χ2n) is 4.67. The van der Waals surface area contributed by atoms with Gasteiger partial charge in [0.15, 0.2) is 0 Å². The number of aromatic nitrogens is 1. The SMILES string of the molecule is Cc1ncc(COP(=O)(O)O)c([C@@H]2N[C@@H](C(=O)O)CS2)c1O. The average Bonchev–Trinajstić information content (AvgIpc) is 2.88. The fourth-order valence-corrected chi connectivity index (χ4v) is 3.62. The van der Waals surface area contributed by atoms with Crippen molar-refractivity contribution in [3.05, 3.63) is 23.0 Å². The number of phosphoric acid groups is 1. The van der Waals surface area contributed by atoms with Crippen molar-refractivity contribution in [1.82, 2.24) is 10.3 Å². The van der Waals surface area contributed by atoms with Crippen LogP contribution in [0.1, 0.15) is 22.2 Å². The van der Waals surface area contributed by atoms with Crippen molar-refractivity contribution in [3.8, 4) is 5.75 Å². The molecule has 0 radical (unpaired) electrons. The predicted octanol–water partition coefficient (Wildman–Crippen LogP) is 0.493. The van der Waals surface area contributed by atoms with Crippen molar-refractivity contribution in [2.45, 2.75) is 24.9 Å². The lowest BCUT2D eigenvalue weighted by atomic mass is 10.1. The van der Waals surface area contributed by atoms with Gasteiger partial charge in [-0.25, -0.2) is 4.57 Å². The Morgan fingerprint density at radius 1 is 1.59 bits per heavy atom. The standard InChI is InChI=1S/C11H15N2O7PS/c1-5-9(14)8(10-13-7(4-22-10)11(15)16)6(2-12-5)3-20-21(17,18)19/h2,7,10,13-14H,3-4H2,1H3,(H,15,16)(H2,17,18,19)/t7-,10-/m1/s1. The molecular formula is C11H15N2O7PS. The number of aryl methyl sites for hydroxylation is 1. The lowest BCUT2D eigenvalue weighted by molar-refractivity contribution is -0.138. The Kier molecular flexibility index (Phi) is 5.10. The van der Waals surface area contributed by atoms with Crippen LogP contribution in [-0.4, -0.2) is 42.7 Å². The minimum atomic E-state index is -4.67. The Hall–Kier alpha value is -1.16. The van der Waals surface area contributed by atoms with Gasteiger partial charge in [0.2, 0.25) is 0 Å². The van der Waals surface area contributed by atoms with E-state index in [-0.39, 0.29) is 11.3 Å². The molecule has 1 aromatic rings. The van der Waals surface area contributed by atoms with Gasteiger partial charge in [-0.3, -0.25) is 19.6 Å². The molecule has 0 unspecified atom stereocenters. The maximum Gasteiger partial charge on any atom is 0.469 e. The molecule has 0 bridgehead atoms. The fourth-order valence-electron chi connectivity index (χ4n) is 1.99. The third kappa shape index (κ3) is 3.97. The molecule has 0 aromatic carbocycles. The number of aromatic hydroxyl groups is 1. The molecule has 2 rings (SSSR count). The summed E-state index contributed by atoms with van der Waals surface area (Å²) in [6.45, 7) is 1.12. The molecule has 1 aromatic heterocycles. The number of pyridine rings is 1. The maximum absolute atomic E-state index is 11.0. The minimum Gasteiger partial charge on any atom is -0.506 e. The molecule has 2 atom stereocenters. The summed E-state index contributed by atoms with van der Waals surface area (Å²) in [7, 11) is -4.67. The molecule has 9 nitrogen and oxygen atoms in total. The van der Waals surface area contributed by atoms with Crippen LogP contribution in [0.5, 0.6) is 5.75 Å². The summed E-state index contributed by atoms with van der Waals surface area (Å²) in [4.78, 5) is 32.5. The molecule has 1 aliphatic rings. The van der Waals surface area contributed by atoms with E-state index in [0.717, 1.165) is 0 Å². The molecular weight excluding hydrogens is 335 g/mol. The number of carbonyl (C=O) groups is 1. The van der Waals surface area contributed by atoms with Crippen molar-refractivity contribution in [1.29, 1.82) is 0 Å². The lowest BCUT2D eigenvalue weighted by Gasteiger charge is -2.18. The molecule has 22 heavy (non-hydrogen) atoms. The lowest BCUT2D eigenvalue weighted by Crippen LogP contribution is -2.34. The van der Waals surface area contributed by atoms with Crippen molar-refractivity contribution < 1.29 is 33.9 Å². The normalized spacial score (nSPS) is 22.0. The number of hydrogen-bond acceptors (Lipinski definition) is 7. The van der Waals surface area contributed by atoms with Gasteiger partial charge in [0.05, 0.1) is 17.7 Å². The van der Waals surface area contributed by atoms with Crippen LogP contribution in [0, 0.1) is 6.92 Å². The average molecular weight is 350 g/mol. The number of aliphatic carboxylic acids is 1. The second-order valence-corrected chi connectivity index (χ2v) is 7.04. The first-order valence-corrected chi connectivity index (χ1v) is 8.75. The van der Waals surface area contributed by atoms with Crippen molar-refractivity contribution >= 4 is 25.6 Å². The highest BCUT2D eigenvalue weighted by Crippen LogP contribution is 2.42. The zero-order chi connectivity index (χ0) is 16.5. The van der Waals surface area contributed by atoms with Gasteiger partial charge in [-0.2, -0.15) is 0 Å². The topological polar surface area (TPSA) is 149 Å². The van der Waals surface area contributed by atoms with Crippen LogP contribution in [-0.2, 0) is 20.5 Å². The van der Waals surface area contributed by atoms with Gasteiger partial charge in [0.1, 0.15) is 11.8 Å². The molecule has 1 aliphatic heterocycles. The van der Waals surface area contributed by atoms with E-state index in [1.54, 1.807) is 6.92 Å². The van der Waals surface area contributed by atoms with Crippen LogP contribution in [0.2, 0.25) is 0 Å². The van der Waals surface area contributed by atoms with E-state index in [2.05, 4.69) is 14.8 Å². The summed E-state index contributed by atoms with van der Waals surface area (Å²) in [5.74, 6) is -0.851. The van der Waals surface area contributed by atoms with E-state index >= 15 is 0 Å². The first-order chi connectivity index (χ1) is 10.2. The van der Waals surface area contributed by atoms with E-state index in [0.29, 0.717) is 17.0 Å². The monoisotopic (exact) mass is 350 g/mol. The van der Waals surface area contributed by atoms with Crippen LogP contribution in [0.25, 0.3) is 0 Å². The third-order valence-corrected chi connectivity index (χ3v) is 4.78. The summed E-state index contributed by atoms with van der Waals surface area (Å²) < 4.78 is 15.3. The summed E-state index contributed by atoms with van der Waals surface area (Å²) in [6, 6.07) is -0.765. The van der Waals surface area contributed by atoms with Gasteiger partial charge in [-0.1, -0.05) is 0 Å². The van der Waals surface area contributed by atoms with E-state index in [4.69, 9.17) is 14.9 Å². The first-order valence-electron chi connectivity index (χ1n) is 6.17. The Labute approximate surface area is 130 Å². The van der Waals surface area contributed by atoms with Crippen LogP contribution >= 0.6 is 19.6 Å². The number of nitrogens with one attached hydrogen (secondary N) is 1. The van der Waals surface area contributed by atoms with Crippen LogP contribution in [0.4, 0.5) is 0 Å². The molecule has 1 fully saturated rings. The fraction of sp³-hybridized carbons (Fsp3) is 0.455. The highest BCUT2D eigenvalue weighted by molar-refractivity contribution is 7.99. The number of phosphoric ester groups is 1. The Bertz CT molecular complexity index is 635. The van der Waals surface area contributed by atoms with Gasteiger partial charge < -0.3 is 20.0 Å². The zero-order valence-corrected chi connectivity index (χ0v) is 13.2. The van der Waals surface area contributed by atoms with Gasteiger partial charge in [0, 0.05) is 23.1 Å². The number of nitrogens with zero attached hydrogens (tertiary/aromatic N) is 1. The van der Waals surface area contributed by atoms with Gasteiger partial charge >= 0.3 is 13.8 Å². The molecule has 0 saturated carbocycles. The zero-order valence-electron chi connectivity index (χ0n) is 11.5. The summed E-state index contributed by atoms with van der Waals surface area (Å²) in [5, 5.41) is 21.5. The van der Waals surface area contributed by atoms with Crippen LogP contribution < -0.4 is 5.32 Å².